The van der Waals surface area contributed by atoms with Crippen LogP contribution >= 0.6 is 13.5 Å². The molecule has 4 bridgehead atoms. The van der Waals surface area contributed by atoms with Crippen molar-refractivity contribution in [3.05, 3.63) is 0 Å². The van der Waals surface area contributed by atoms with Gasteiger partial charge in [0, 0.05) is 0 Å². The molecule has 0 aromatic rings. The number of rotatable bonds is 0. The Labute approximate surface area is 102 Å². The molecule has 0 unspecified atom stereocenters. The number of hydrogen-bond donors (Lipinski definition) is 0. The van der Waals surface area contributed by atoms with E-state index < -0.39 is 0 Å². The summed E-state index contributed by atoms with van der Waals surface area (Å²) in [6, 6.07) is 0. The molecule has 0 aliphatic carbocycles. The summed E-state index contributed by atoms with van der Waals surface area (Å²) in [5.74, 6) is 0. The molecule has 0 N–H and O–H groups in total. The first-order valence-corrected chi connectivity index (χ1v) is 3.79. The predicted molar refractivity (Wildman–Crippen MR) is 54.1 cm³/mol. The normalized spacial score (nSPS) is 48.0. The molecule has 0 radical (unpaired) electrons. The SMILES string of the molecule is C1N2CN3CN1CN(C2)C3.S.[NaH]. The molecule has 0 saturated carbocycles. The zero-order valence-electron chi connectivity index (χ0n) is 6.53. The Kier molecular flexibility index (Phi) is 3.89. The third kappa shape index (κ3) is 1.83. The molecular formula is C6H15N4NaS. The van der Waals surface area contributed by atoms with Crippen molar-refractivity contribution in [1.29, 1.82) is 0 Å². The zero-order valence-corrected chi connectivity index (χ0v) is 7.53. The molecule has 12 heavy (non-hydrogen) atoms. The van der Waals surface area contributed by atoms with E-state index in [-0.39, 0.29) is 43.1 Å². The Balaban J connectivity index is 0.000000360. The van der Waals surface area contributed by atoms with E-state index in [1.54, 1.807) is 0 Å². The predicted octanol–water partition coefficient (Wildman–Crippen LogP) is -1.56. The van der Waals surface area contributed by atoms with E-state index in [0.29, 0.717) is 0 Å². The van der Waals surface area contributed by atoms with Crippen LogP contribution in [0.5, 0.6) is 0 Å². The third-order valence-electron chi connectivity index (χ3n) is 2.40. The van der Waals surface area contributed by atoms with Crippen LogP contribution in [0.1, 0.15) is 0 Å². The molecule has 4 fully saturated rings. The van der Waals surface area contributed by atoms with Crippen LogP contribution < -0.4 is 0 Å². The van der Waals surface area contributed by atoms with Gasteiger partial charge in [-0.15, -0.1) is 0 Å². The van der Waals surface area contributed by atoms with Crippen molar-refractivity contribution in [3.8, 4) is 0 Å². The molecule has 0 amide bonds. The molecule has 4 heterocycles. The van der Waals surface area contributed by atoms with Gasteiger partial charge in [-0.25, -0.2) is 0 Å². The monoisotopic (exact) mass is 198 g/mol. The van der Waals surface area contributed by atoms with Gasteiger partial charge in [-0.3, -0.25) is 19.6 Å². The Morgan fingerprint density at radius 1 is 0.500 bits per heavy atom. The van der Waals surface area contributed by atoms with Gasteiger partial charge in [0.05, 0.1) is 40.0 Å². The molecule has 0 spiro atoms. The molecule has 4 saturated heterocycles. The van der Waals surface area contributed by atoms with E-state index in [4.69, 9.17) is 0 Å². The molecule has 4 rings (SSSR count). The molecule has 0 atom stereocenters. The molecule has 66 valence electrons. The molecule has 0 aromatic heterocycles. The molecule has 6 heteroatoms. The second-order valence-electron chi connectivity index (χ2n) is 3.53. The molecule has 4 nitrogen and oxygen atoms in total. The van der Waals surface area contributed by atoms with Crippen LogP contribution in [-0.2, 0) is 0 Å². The molecule has 4 aliphatic heterocycles. The van der Waals surface area contributed by atoms with Gasteiger partial charge in [-0.2, -0.15) is 13.5 Å². The first-order chi connectivity index (χ1) is 4.90. The average Bonchev–Trinajstić information content (AvgIpc) is 1.82. The van der Waals surface area contributed by atoms with Crippen LogP contribution in [0.15, 0.2) is 0 Å². The van der Waals surface area contributed by atoms with Crippen molar-refractivity contribution in [3.63, 3.8) is 0 Å². The van der Waals surface area contributed by atoms with E-state index in [9.17, 15) is 0 Å². The fourth-order valence-electron chi connectivity index (χ4n) is 2.23. The maximum absolute atomic E-state index is 2.47. The molecular weight excluding hydrogens is 183 g/mol. The van der Waals surface area contributed by atoms with Crippen molar-refractivity contribution in [2.24, 2.45) is 0 Å². The van der Waals surface area contributed by atoms with Crippen LogP contribution in [-0.4, -0.2) is 89.2 Å². The second-order valence-corrected chi connectivity index (χ2v) is 3.53. The van der Waals surface area contributed by atoms with Crippen molar-refractivity contribution in [2.75, 3.05) is 40.0 Å². The minimum atomic E-state index is 0. The summed E-state index contributed by atoms with van der Waals surface area (Å²) in [6.07, 6.45) is 0. The summed E-state index contributed by atoms with van der Waals surface area (Å²) in [4.78, 5) is 9.88. The second kappa shape index (κ2) is 4.14. The van der Waals surface area contributed by atoms with Gasteiger partial charge in [-0.1, -0.05) is 0 Å². The summed E-state index contributed by atoms with van der Waals surface area (Å²) < 4.78 is 0. The van der Waals surface area contributed by atoms with Gasteiger partial charge in [0.15, 0.2) is 0 Å². The van der Waals surface area contributed by atoms with Crippen molar-refractivity contribution in [2.45, 2.75) is 0 Å². The summed E-state index contributed by atoms with van der Waals surface area (Å²) in [5, 5.41) is 0. The standard InChI is InChI=1S/C6H12N4.Na.H2S.H/c1-7-2-9-4-8(1)5-10(3-7)6-9;;;/h1-6H2;;1H2;. The van der Waals surface area contributed by atoms with Gasteiger partial charge in [0.2, 0.25) is 0 Å². The van der Waals surface area contributed by atoms with E-state index in [0.717, 1.165) is 0 Å². The van der Waals surface area contributed by atoms with Crippen molar-refractivity contribution < 1.29 is 0 Å². The van der Waals surface area contributed by atoms with Gasteiger partial charge < -0.3 is 0 Å². The Morgan fingerprint density at radius 2 is 0.667 bits per heavy atom. The first-order valence-electron chi connectivity index (χ1n) is 3.79. The fourth-order valence-corrected chi connectivity index (χ4v) is 2.23. The van der Waals surface area contributed by atoms with Gasteiger partial charge in [-0.05, 0) is 0 Å². The average molecular weight is 198 g/mol. The van der Waals surface area contributed by atoms with Crippen LogP contribution in [0.25, 0.3) is 0 Å². The summed E-state index contributed by atoms with van der Waals surface area (Å²) in [7, 11) is 0. The van der Waals surface area contributed by atoms with Crippen LogP contribution in [0, 0.1) is 0 Å². The summed E-state index contributed by atoms with van der Waals surface area (Å²) in [5.41, 5.74) is 0. The molecule has 0 aromatic carbocycles. The van der Waals surface area contributed by atoms with Gasteiger partial charge in [0.25, 0.3) is 0 Å². The van der Waals surface area contributed by atoms with E-state index in [1.807, 2.05) is 0 Å². The first kappa shape index (κ1) is 11.3. The van der Waals surface area contributed by atoms with Crippen LogP contribution in [0.2, 0.25) is 0 Å². The Morgan fingerprint density at radius 3 is 0.833 bits per heavy atom. The number of nitrogens with zero attached hydrogens (tertiary/aromatic N) is 4. The topological polar surface area (TPSA) is 13.0 Å². The van der Waals surface area contributed by atoms with E-state index in [2.05, 4.69) is 19.6 Å². The summed E-state index contributed by atoms with van der Waals surface area (Å²) >= 11 is 0. The van der Waals surface area contributed by atoms with E-state index in [1.165, 1.54) is 40.0 Å². The van der Waals surface area contributed by atoms with Gasteiger partial charge in [0.1, 0.15) is 0 Å². The molecule has 4 aliphatic rings. The van der Waals surface area contributed by atoms with E-state index >= 15 is 0 Å². The van der Waals surface area contributed by atoms with Crippen molar-refractivity contribution >= 4 is 43.1 Å². The minimum absolute atomic E-state index is 0. The van der Waals surface area contributed by atoms with Crippen LogP contribution in [0.3, 0.4) is 0 Å². The summed E-state index contributed by atoms with van der Waals surface area (Å²) in [6.45, 7) is 7.12. The number of hydrogen-bond acceptors (Lipinski definition) is 4. The fraction of sp³-hybridized carbons (Fsp3) is 1.00. The third-order valence-corrected chi connectivity index (χ3v) is 2.40. The maximum atomic E-state index is 2.47. The Hall–Kier alpha value is 1.19. The van der Waals surface area contributed by atoms with Crippen molar-refractivity contribution in [1.82, 2.24) is 19.6 Å². The van der Waals surface area contributed by atoms with Gasteiger partial charge >= 0.3 is 29.6 Å². The Bertz CT molecular complexity index is 111. The van der Waals surface area contributed by atoms with Crippen LogP contribution in [0.4, 0.5) is 0 Å². The zero-order chi connectivity index (χ0) is 6.55. The quantitative estimate of drug-likeness (QED) is 0.437.